The number of halogens is 4. The molecule has 0 unspecified atom stereocenters. The van der Waals surface area contributed by atoms with Crippen molar-refractivity contribution >= 4 is 28.1 Å². The van der Waals surface area contributed by atoms with Crippen molar-refractivity contribution in [1.82, 2.24) is 5.32 Å². The highest BCUT2D eigenvalue weighted by Gasteiger charge is 2.37. The molecule has 1 aliphatic heterocycles. The molecule has 4 rings (SSSR count). The van der Waals surface area contributed by atoms with Crippen molar-refractivity contribution in [3.63, 3.8) is 0 Å². The summed E-state index contributed by atoms with van der Waals surface area (Å²) >= 11 is 0. The third-order valence-electron chi connectivity index (χ3n) is 6.02. The van der Waals surface area contributed by atoms with Crippen LogP contribution in [0.2, 0.25) is 0 Å². The molecule has 1 N–H and O–H groups in total. The Hall–Kier alpha value is -2.75. The zero-order valence-corrected chi connectivity index (χ0v) is 20.9. The molecule has 0 aromatic heterocycles. The molecule has 1 heterocycles. The van der Waals surface area contributed by atoms with Crippen LogP contribution in [0.3, 0.4) is 0 Å². The molecular weight excluding hydrogens is 501 g/mol. The third kappa shape index (κ3) is 5.27. The summed E-state index contributed by atoms with van der Waals surface area (Å²) in [6.45, 7) is 2.50. The lowest BCUT2D eigenvalue weighted by atomic mass is 10.0. The lowest BCUT2D eigenvalue weighted by Crippen LogP contribution is -2.42. The molecule has 0 amide bonds. The molecule has 1 aliphatic rings. The number of hydrogen-bond acceptors (Lipinski definition) is 4. The van der Waals surface area contributed by atoms with Gasteiger partial charge in [0, 0.05) is 18.5 Å². The first-order valence-electron chi connectivity index (χ1n) is 10.8. The van der Waals surface area contributed by atoms with Gasteiger partial charge in [0.25, 0.3) is 10.0 Å². The molecule has 5 nitrogen and oxygen atoms in total. The van der Waals surface area contributed by atoms with Gasteiger partial charge >= 0.3 is 0 Å². The molecule has 3 aromatic carbocycles. The van der Waals surface area contributed by atoms with Gasteiger partial charge in [-0.2, -0.15) is 0 Å². The summed E-state index contributed by atoms with van der Waals surface area (Å²) in [7, 11) is -2.86. The summed E-state index contributed by atoms with van der Waals surface area (Å²) in [4.78, 5) is -0.212. The van der Waals surface area contributed by atoms with Crippen LogP contribution >= 0.6 is 12.4 Å². The normalized spacial score (nSPS) is 15.5. The number of anilines is 1. The Morgan fingerprint density at radius 3 is 2.31 bits per heavy atom. The molecule has 1 atom stereocenters. The molecule has 0 spiro atoms. The fourth-order valence-corrected chi connectivity index (χ4v) is 5.94. The summed E-state index contributed by atoms with van der Waals surface area (Å²) in [6.07, 6.45) is 0.304. The van der Waals surface area contributed by atoms with Gasteiger partial charge in [-0.15, -0.1) is 12.4 Å². The second-order valence-corrected chi connectivity index (χ2v) is 10.0. The summed E-state index contributed by atoms with van der Waals surface area (Å²) < 4.78 is 77.9. The Labute approximate surface area is 209 Å². The number of methoxy groups -OCH3 is 1. The predicted octanol–water partition coefficient (Wildman–Crippen LogP) is 4.99. The van der Waals surface area contributed by atoms with E-state index in [1.54, 1.807) is 25.1 Å². The third-order valence-corrected chi connectivity index (χ3v) is 7.87. The number of nitrogens with one attached hydrogen (secondary N) is 1. The number of para-hydroxylation sites is 1. The Morgan fingerprint density at radius 2 is 1.71 bits per heavy atom. The SMILES string of the molecule is COc1cccc(Cc2c(F)cccc2F)c1N([C@H]1CCNC1)S(=O)(=O)c1ccc(C)c(F)c1.Cl. The van der Waals surface area contributed by atoms with E-state index in [-0.39, 0.29) is 40.7 Å². The van der Waals surface area contributed by atoms with Crippen LogP contribution in [0.5, 0.6) is 5.75 Å². The number of aryl methyl sites for hydroxylation is 1. The van der Waals surface area contributed by atoms with Gasteiger partial charge in [-0.1, -0.05) is 24.3 Å². The zero-order chi connectivity index (χ0) is 24.5. The second kappa shape index (κ2) is 10.9. The Kier molecular flexibility index (Phi) is 8.35. The number of rotatable bonds is 7. The van der Waals surface area contributed by atoms with Gasteiger partial charge < -0.3 is 10.1 Å². The zero-order valence-electron chi connectivity index (χ0n) is 19.2. The lowest BCUT2D eigenvalue weighted by Gasteiger charge is -2.33. The van der Waals surface area contributed by atoms with Gasteiger partial charge in [0.2, 0.25) is 0 Å². The molecule has 35 heavy (non-hydrogen) atoms. The first-order chi connectivity index (χ1) is 16.2. The fourth-order valence-electron chi connectivity index (χ4n) is 4.20. The summed E-state index contributed by atoms with van der Waals surface area (Å²) in [5.74, 6) is -1.87. The van der Waals surface area contributed by atoms with E-state index in [1.807, 2.05) is 0 Å². The minimum Gasteiger partial charge on any atom is -0.495 e. The van der Waals surface area contributed by atoms with Crippen LogP contribution in [0.1, 0.15) is 23.1 Å². The van der Waals surface area contributed by atoms with Crippen LogP contribution in [-0.2, 0) is 16.4 Å². The van der Waals surface area contributed by atoms with Gasteiger partial charge in [0.15, 0.2) is 0 Å². The van der Waals surface area contributed by atoms with Crippen molar-refractivity contribution in [2.75, 3.05) is 24.5 Å². The van der Waals surface area contributed by atoms with Gasteiger partial charge in [-0.05, 0) is 61.3 Å². The molecule has 188 valence electrons. The molecule has 1 fully saturated rings. The number of benzene rings is 3. The molecule has 0 radical (unpaired) electrons. The maximum Gasteiger partial charge on any atom is 0.264 e. The topological polar surface area (TPSA) is 58.6 Å². The van der Waals surface area contributed by atoms with Crippen LogP contribution in [0.4, 0.5) is 18.9 Å². The van der Waals surface area contributed by atoms with Crippen molar-refractivity contribution in [1.29, 1.82) is 0 Å². The highest BCUT2D eigenvalue weighted by atomic mass is 35.5. The van der Waals surface area contributed by atoms with Gasteiger partial charge in [-0.3, -0.25) is 4.31 Å². The Bertz CT molecular complexity index is 1300. The van der Waals surface area contributed by atoms with E-state index in [4.69, 9.17) is 4.74 Å². The molecule has 0 bridgehead atoms. The predicted molar refractivity (Wildman–Crippen MR) is 131 cm³/mol. The van der Waals surface area contributed by atoms with E-state index >= 15 is 0 Å². The fraction of sp³-hybridized carbons (Fsp3) is 0.280. The van der Waals surface area contributed by atoms with Gasteiger partial charge in [0.1, 0.15) is 23.2 Å². The highest BCUT2D eigenvalue weighted by Crippen LogP contribution is 2.40. The van der Waals surface area contributed by atoms with Crippen molar-refractivity contribution in [2.24, 2.45) is 0 Å². The van der Waals surface area contributed by atoms with Crippen molar-refractivity contribution < 1.29 is 26.3 Å². The van der Waals surface area contributed by atoms with E-state index in [1.165, 1.54) is 29.6 Å². The molecular formula is C25H26ClF3N2O3S. The van der Waals surface area contributed by atoms with Crippen LogP contribution in [0, 0.1) is 24.4 Å². The van der Waals surface area contributed by atoms with Crippen molar-refractivity contribution in [3.8, 4) is 5.75 Å². The maximum absolute atomic E-state index is 14.5. The van der Waals surface area contributed by atoms with E-state index in [0.29, 0.717) is 30.6 Å². The van der Waals surface area contributed by atoms with Crippen LogP contribution in [0.15, 0.2) is 59.5 Å². The summed E-state index contributed by atoms with van der Waals surface area (Å²) in [6, 6.07) is 11.7. The van der Waals surface area contributed by atoms with Gasteiger partial charge in [0.05, 0.1) is 23.7 Å². The summed E-state index contributed by atoms with van der Waals surface area (Å²) in [5, 5.41) is 3.15. The van der Waals surface area contributed by atoms with Crippen molar-refractivity contribution in [2.45, 2.75) is 30.7 Å². The molecule has 3 aromatic rings. The average Bonchev–Trinajstić information content (AvgIpc) is 3.33. The monoisotopic (exact) mass is 526 g/mol. The maximum atomic E-state index is 14.5. The molecule has 10 heteroatoms. The van der Waals surface area contributed by atoms with Crippen LogP contribution in [-0.4, -0.2) is 34.7 Å². The molecule has 0 aliphatic carbocycles. The largest absolute Gasteiger partial charge is 0.495 e. The van der Waals surface area contributed by atoms with E-state index in [2.05, 4.69) is 5.32 Å². The quantitative estimate of drug-likeness (QED) is 0.471. The minimum atomic E-state index is -4.26. The van der Waals surface area contributed by atoms with E-state index < -0.39 is 33.5 Å². The van der Waals surface area contributed by atoms with Gasteiger partial charge in [-0.25, -0.2) is 21.6 Å². The number of hydrogen-bond donors (Lipinski definition) is 1. The smallest absolute Gasteiger partial charge is 0.264 e. The Morgan fingerprint density at radius 1 is 1.03 bits per heavy atom. The lowest BCUT2D eigenvalue weighted by molar-refractivity contribution is 0.414. The summed E-state index contributed by atoms with van der Waals surface area (Å²) in [5.41, 5.74) is 0.690. The Balaban J connectivity index is 0.00000342. The van der Waals surface area contributed by atoms with Crippen molar-refractivity contribution in [3.05, 3.63) is 88.7 Å². The molecule has 0 saturated carbocycles. The van der Waals surface area contributed by atoms with Crippen LogP contribution < -0.4 is 14.4 Å². The standard InChI is InChI=1S/C25H25F3N2O3S.ClH/c1-16-9-10-19(14-23(16)28)34(31,32)30(18-11-12-29-15-18)25-17(5-3-8-24(25)33-2)13-20-21(26)6-4-7-22(20)27;/h3-10,14,18,29H,11-13,15H2,1-2H3;1H/t18-;/m0./s1. The highest BCUT2D eigenvalue weighted by molar-refractivity contribution is 7.92. The number of sulfonamides is 1. The number of ether oxygens (including phenoxy) is 1. The average molecular weight is 527 g/mol. The first kappa shape index (κ1) is 26.8. The number of nitrogens with zero attached hydrogens (tertiary/aromatic N) is 1. The van der Waals surface area contributed by atoms with Crippen LogP contribution in [0.25, 0.3) is 0 Å². The van der Waals surface area contributed by atoms with E-state index in [0.717, 1.165) is 18.2 Å². The minimum absolute atomic E-state index is 0. The molecule has 1 saturated heterocycles. The van der Waals surface area contributed by atoms with E-state index in [9.17, 15) is 21.6 Å². The second-order valence-electron chi connectivity index (χ2n) is 8.20. The first-order valence-corrected chi connectivity index (χ1v) is 12.3.